The Morgan fingerprint density at radius 3 is 2.71 bits per heavy atom. The molecule has 2 aromatic rings. The second-order valence-corrected chi connectivity index (χ2v) is 3.93. The molecule has 0 bridgehead atoms. The quantitative estimate of drug-likeness (QED) is 0.737. The van der Waals surface area contributed by atoms with Crippen LogP contribution in [0.15, 0.2) is 42.6 Å². The van der Waals surface area contributed by atoms with Crippen molar-refractivity contribution in [2.24, 2.45) is 0 Å². The van der Waals surface area contributed by atoms with Gasteiger partial charge in [0, 0.05) is 30.4 Å². The van der Waals surface area contributed by atoms with Gasteiger partial charge in [-0.05, 0) is 19.4 Å². The maximum absolute atomic E-state index is 11.9. The molecule has 1 aromatic carbocycles. The van der Waals surface area contributed by atoms with Crippen molar-refractivity contribution in [3.8, 4) is 0 Å². The van der Waals surface area contributed by atoms with Crippen molar-refractivity contribution in [2.45, 2.75) is 26.3 Å². The molecule has 0 unspecified atom stereocenters. The third-order valence-electron chi connectivity index (χ3n) is 2.81. The average Bonchev–Trinajstić information content (AvgIpc) is 2.84. The molecule has 0 N–H and O–H groups in total. The van der Waals surface area contributed by atoms with Gasteiger partial charge in [0.15, 0.2) is 5.78 Å². The van der Waals surface area contributed by atoms with Crippen LogP contribution >= 0.6 is 0 Å². The van der Waals surface area contributed by atoms with Gasteiger partial charge in [0.2, 0.25) is 0 Å². The van der Waals surface area contributed by atoms with Crippen LogP contribution in [0.4, 0.5) is 0 Å². The highest BCUT2D eigenvalue weighted by atomic mass is 16.1. The Morgan fingerprint density at radius 2 is 2.00 bits per heavy atom. The lowest BCUT2D eigenvalue weighted by molar-refractivity contribution is 0.0982. The van der Waals surface area contributed by atoms with Gasteiger partial charge in [0.1, 0.15) is 0 Å². The zero-order chi connectivity index (χ0) is 12.1. The Kier molecular flexibility index (Phi) is 3.70. The van der Waals surface area contributed by atoms with Crippen molar-refractivity contribution in [3.63, 3.8) is 0 Å². The first-order valence-electron chi connectivity index (χ1n) is 5.90. The smallest absolute Gasteiger partial charge is 0.163 e. The number of nitrogens with zero attached hydrogens (tertiary/aromatic N) is 2. The van der Waals surface area contributed by atoms with Crippen LogP contribution in [-0.4, -0.2) is 15.6 Å². The summed E-state index contributed by atoms with van der Waals surface area (Å²) in [5.74, 6) is 0.189. The minimum Gasteiger partial charge on any atom is -0.294 e. The summed E-state index contributed by atoms with van der Waals surface area (Å²) in [6.45, 7) is 2.90. The fraction of sp³-hybridized carbons (Fsp3) is 0.286. The highest BCUT2D eigenvalue weighted by Crippen LogP contribution is 2.08. The summed E-state index contributed by atoms with van der Waals surface area (Å²) in [7, 11) is 0. The molecule has 0 atom stereocenters. The zero-order valence-corrected chi connectivity index (χ0v) is 9.97. The molecule has 88 valence electrons. The van der Waals surface area contributed by atoms with Crippen LogP contribution in [0, 0.1) is 0 Å². The largest absolute Gasteiger partial charge is 0.294 e. The van der Waals surface area contributed by atoms with Gasteiger partial charge in [-0.15, -0.1) is 0 Å². The molecule has 3 heteroatoms. The third kappa shape index (κ3) is 2.81. The monoisotopic (exact) mass is 228 g/mol. The van der Waals surface area contributed by atoms with Crippen LogP contribution in [-0.2, 0) is 13.0 Å². The minimum absolute atomic E-state index is 0.189. The molecule has 3 nitrogen and oxygen atoms in total. The Hall–Kier alpha value is -1.90. The SMILES string of the molecule is CCn1nccc1CCC(=O)c1ccccc1. The van der Waals surface area contributed by atoms with Gasteiger partial charge in [-0.2, -0.15) is 5.10 Å². The molecule has 0 radical (unpaired) electrons. The van der Waals surface area contributed by atoms with Gasteiger partial charge < -0.3 is 0 Å². The summed E-state index contributed by atoms with van der Waals surface area (Å²) < 4.78 is 1.93. The van der Waals surface area contributed by atoms with Gasteiger partial charge in [-0.25, -0.2) is 0 Å². The number of hydrogen-bond donors (Lipinski definition) is 0. The number of aryl methyl sites for hydroxylation is 2. The van der Waals surface area contributed by atoms with Crippen LogP contribution in [0.3, 0.4) is 0 Å². The van der Waals surface area contributed by atoms with Crippen molar-refractivity contribution >= 4 is 5.78 Å². The Labute approximate surface area is 101 Å². The lowest BCUT2D eigenvalue weighted by Gasteiger charge is -2.04. The predicted octanol–water partition coefficient (Wildman–Crippen LogP) is 2.72. The van der Waals surface area contributed by atoms with Crippen LogP contribution in [0.25, 0.3) is 0 Å². The molecule has 0 fully saturated rings. The van der Waals surface area contributed by atoms with Crippen LogP contribution in [0.5, 0.6) is 0 Å². The number of aromatic nitrogens is 2. The van der Waals surface area contributed by atoms with E-state index in [0.717, 1.165) is 24.2 Å². The topological polar surface area (TPSA) is 34.9 Å². The van der Waals surface area contributed by atoms with E-state index in [1.807, 2.05) is 41.1 Å². The summed E-state index contributed by atoms with van der Waals surface area (Å²) in [4.78, 5) is 11.9. The van der Waals surface area contributed by atoms with E-state index >= 15 is 0 Å². The van der Waals surface area contributed by atoms with E-state index in [2.05, 4.69) is 12.0 Å². The lowest BCUT2D eigenvalue weighted by atomic mass is 10.1. The second-order valence-electron chi connectivity index (χ2n) is 3.93. The Balaban J connectivity index is 1.97. The molecular weight excluding hydrogens is 212 g/mol. The molecular formula is C14H16N2O. The summed E-state index contributed by atoms with van der Waals surface area (Å²) in [5.41, 5.74) is 1.91. The first kappa shape index (κ1) is 11.6. The van der Waals surface area contributed by atoms with Gasteiger partial charge in [0.05, 0.1) is 0 Å². The Morgan fingerprint density at radius 1 is 1.24 bits per heavy atom. The number of benzene rings is 1. The molecule has 0 aliphatic heterocycles. The number of rotatable bonds is 5. The van der Waals surface area contributed by atoms with Crippen molar-refractivity contribution < 1.29 is 4.79 Å². The van der Waals surface area contributed by atoms with E-state index in [-0.39, 0.29) is 5.78 Å². The highest BCUT2D eigenvalue weighted by Gasteiger charge is 2.07. The first-order valence-corrected chi connectivity index (χ1v) is 5.90. The minimum atomic E-state index is 0.189. The van der Waals surface area contributed by atoms with Gasteiger partial charge >= 0.3 is 0 Å². The molecule has 0 aliphatic rings. The number of hydrogen-bond acceptors (Lipinski definition) is 2. The van der Waals surface area contributed by atoms with E-state index in [4.69, 9.17) is 0 Å². The van der Waals surface area contributed by atoms with E-state index in [0.29, 0.717) is 6.42 Å². The molecule has 2 rings (SSSR count). The van der Waals surface area contributed by atoms with Gasteiger partial charge in [-0.3, -0.25) is 9.48 Å². The number of carbonyl (C=O) groups is 1. The molecule has 0 saturated heterocycles. The fourth-order valence-corrected chi connectivity index (χ4v) is 1.87. The number of carbonyl (C=O) groups excluding carboxylic acids is 1. The van der Waals surface area contributed by atoms with E-state index in [1.165, 1.54) is 0 Å². The average molecular weight is 228 g/mol. The van der Waals surface area contributed by atoms with Crippen molar-refractivity contribution in [1.82, 2.24) is 9.78 Å². The maximum Gasteiger partial charge on any atom is 0.163 e. The van der Waals surface area contributed by atoms with E-state index < -0.39 is 0 Å². The van der Waals surface area contributed by atoms with Crippen molar-refractivity contribution in [1.29, 1.82) is 0 Å². The third-order valence-corrected chi connectivity index (χ3v) is 2.81. The summed E-state index contributed by atoms with van der Waals surface area (Å²) >= 11 is 0. The van der Waals surface area contributed by atoms with Crippen molar-refractivity contribution in [2.75, 3.05) is 0 Å². The maximum atomic E-state index is 11.9. The standard InChI is InChI=1S/C14H16N2O/c1-2-16-13(10-11-15-16)8-9-14(17)12-6-4-3-5-7-12/h3-7,10-11H,2,8-9H2,1H3. The zero-order valence-electron chi connectivity index (χ0n) is 9.97. The van der Waals surface area contributed by atoms with Crippen molar-refractivity contribution in [3.05, 3.63) is 53.9 Å². The van der Waals surface area contributed by atoms with Crippen LogP contribution < -0.4 is 0 Å². The predicted molar refractivity (Wildman–Crippen MR) is 67.0 cm³/mol. The van der Waals surface area contributed by atoms with Crippen LogP contribution in [0.2, 0.25) is 0 Å². The van der Waals surface area contributed by atoms with Gasteiger partial charge in [0.25, 0.3) is 0 Å². The summed E-state index contributed by atoms with van der Waals surface area (Å²) in [6.07, 6.45) is 3.07. The summed E-state index contributed by atoms with van der Waals surface area (Å²) in [5, 5.41) is 4.19. The van der Waals surface area contributed by atoms with Crippen LogP contribution in [0.1, 0.15) is 29.4 Å². The molecule has 17 heavy (non-hydrogen) atoms. The molecule has 0 saturated carbocycles. The van der Waals surface area contributed by atoms with E-state index in [1.54, 1.807) is 6.20 Å². The van der Waals surface area contributed by atoms with E-state index in [9.17, 15) is 4.79 Å². The number of Topliss-reactive ketones (excluding diaryl/α,β-unsaturated/α-hetero) is 1. The molecule has 0 spiro atoms. The molecule has 1 heterocycles. The fourth-order valence-electron chi connectivity index (χ4n) is 1.87. The molecule has 0 aliphatic carbocycles. The first-order chi connectivity index (χ1) is 8.31. The second kappa shape index (κ2) is 5.43. The normalized spacial score (nSPS) is 10.4. The number of ketones is 1. The molecule has 1 aromatic heterocycles. The summed E-state index contributed by atoms with van der Waals surface area (Å²) in [6, 6.07) is 11.4. The van der Waals surface area contributed by atoms with Gasteiger partial charge in [-0.1, -0.05) is 30.3 Å². The lowest BCUT2D eigenvalue weighted by Crippen LogP contribution is -2.06. The Bertz CT molecular complexity index is 488. The molecule has 0 amide bonds. The highest BCUT2D eigenvalue weighted by molar-refractivity contribution is 5.96.